The Balaban J connectivity index is 4.14. The zero-order valence-corrected chi connectivity index (χ0v) is 29.0. The first-order valence-corrected chi connectivity index (χ1v) is 18.6. The van der Waals surface area contributed by atoms with Gasteiger partial charge in [-0.3, -0.25) is 4.90 Å². The number of rotatable bonds is 31. The van der Waals surface area contributed by atoms with Crippen LogP contribution in [0, 0.1) is 0 Å². The zero-order chi connectivity index (χ0) is 29.1. The molecule has 0 aliphatic carbocycles. The molecular weight excluding hydrogens is 470 g/mol. The summed E-state index contributed by atoms with van der Waals surface area (Å²) in [4.78, 5) is 2.92. The Morgan fingerprint density at radius 2 is 0.538 bits per heavy atom. The van der Waals surface area contributed by atoms with Gasteiger partial charge < -0.3 is 0 Å². The second kappa shape index (κ2) is 26.8. The van der Waals surface area contributed by atoms with Crippen LogP contribution < -0.4 is 0 Å². The van der Waals surface area contributed by atoms with Crippen LogP contribution in [-0.4, -0.2) is 22.5 Å². The first-order chi connectivity index (χ1) is 18.8. The molecule has 1 heteroatoms. The highest BCUT2D eigenvalue weighted by Crippen LogP contribution is 2.33. The molecule has 0 bridgehead atoms. The van der Waals surface area contributed by atoms with Gasteiger partial charge in [-0.05, 0) is 53.5 Å². The Hall–Kier alpha value is -0.0400. The standard InChI is InChI=1S/C38H79N/c1-8-11-14-16-18-20-22-24-26-28-30-32-34-37(4,5)39(36-13-10-3)38(6,7)35-33-31-29-27-25-23-21-19-17-15-12-9-2/h8-36H2,1-7H3. The molecule has 0 unspecified atom stereocenters. The fourth-order valence-corrected chi connectivity index (χ4v) is 6.81. The van der Waals surface area contributed by atoms with Crippen molar-refractivity contribution in [1.82, 2.24) is 4.90 Å². The van der Waals surface area contributed by atoms with Gasteiger partial charge in [0.25, 0.3) is 0 Å². The molecule has 0 rings (SSSR count). The lowest BCUT2D eigenvalue weighted by atomic mass is 9.85. The molecule has 0 aromatic heterocycles. The van der Waals surface area contributed by atoms with Crippen molar-refractivity contribution in [1.29, 1.82) is 0 Å². The molecule has 0 atom stereocenters. The lowest BCUT2D eigenvalue weighted by molar-refractivity contribution is 0.00191. The van der Waals surface area contributed by atoms with Crippen LogP contribution in [0.2, 0.25) is 0 Å². The number of hydrogen-bond donors (Lipinski definition) is 0. The third-order valence-corrected chi connectivity index (χ3v) is 9.48. The summed E-state index contributed by atoms with van der Waals surface area (Å²) in [7, 11) is 0. The second-order valence-electron chi connectivity index (χ2n) is 14.4. The van der Waals surface area contributed by atoms with Crippen LogP contribution in [0.15, 0.2) is 0 Å². The van der Waals surface area contributed by atoms with Crippen molar-refractivity contribution in [3.63, 3.8) is 0 Å². The number of nitrogens with zero attached hydrogens (tertiary/aromatic N) is 1. The zero-order valence-electron chi connectivity index (χ0n) is 29.0. The van der Waals surface area contributed by atoms with Crippen LogP contribution in [0.3, 0.4) is 0 Å². The van der Waals surface area contributed by atoms with E-state index in [0.717, 1.165) is 0 Å². The van der Waals surface area contributed by atoms with Gasteiger partial charge in [-0.25, -0.2) is 0 Å². The fourth-order valence-electron chi connectivity index (χ4n) is 6.81. The van der Waals surface area contributed by atoms with Gasteiger partial charge in [-0.2, -0.15) is 0 Å². The predicted molar refractivity (Wildman–Crippen MR) is 181 cm³/mol. The van der Waals surface area contributed by atoms with Crippen molar-refractivity contribution in [2.45, 2.75) is 239 Å². The predicted octanol–water partition coefficient (Wildman–Crippen LogP) is 13.8. The molecule has 0 heterocycles. The monoisotopic (exact) mass is 550 g/mol. The SMILES string of the molecule is CCCCCCCCCCCCCCC(C)(C)N(CCCC)C(C)(C)CCCCCCCCCCCCCC. The molecule has 0 spiro atoms. The van der Waals surface area contributed by atoms with E-state index in [4.69, 9.17) is 0 Å². The van der Waals surface area contributed by atoms with E-state index in [-0.39, 0.29) is 0 Å². The van der Waals surface area contributed by atoms with Crippen LogP contribution in [-0.2, 0) is 0 Å². The van der Waals surface area contributed by atoms with Gasteiger partial charge in [0, 0.05) is 11.1 Å². The summed E-state index contributed by atoms with van der Waals surface area (Å²) < 4.78 is 0. The Morgan fingerprint density at radius 1 is 0.308 bits per heavy atom. The minimum absolute atomic E-state index is 0.314. The fraction of sp³-hybridized carbons (Fsp3) is 1.00. The topological polar surface area (TPSA) is 3.24 Å². The van der Waals surface area contributed by atoms with Crippen molar-refractivity contribution in [2.75, 3.05) is 6.54 Å². The molecule has 0 radical (unpaired) electrons. The molecule has 236 valence electrons. The summed E-state index contributed by atoms with van der Waals surface area (Å²) in [6.07, 6.45) is 40.0. The Labute approximate surface area is 250 Å². The maximum atomic E-state index is 2.92. The number of hydrogen-bond acceptors (Lipinski definition) is 1. The molecule has 0 amide bonds. The Kier molecular flexibility index (Phi) is 26.8. The third-order valence-electron chi connectivity index (χ3n) is 9.48. The summed E-state index contributed by atoms with van der Waals surface area (Å²) in [5, 5.41) is 0. The number of unbranched alkanes of at least 4 members (excludes halogenated alkanes) is 23. The summed E-state index contributed by atoms with van der Waals surface area (Å²) in [6, 6.07) is 0. The minimum atomic E-state index is 0.314. The molecule has 0 N–H and O–H groups in total. The van der Waals surface area contributed by atoms with Gasteiger partial charge in [-0.1, -0.05) is 181 Å². The van der Waals surface area contributed by atoms with Gasteiger partial charge >= 0.3 is 0 Å². The largest absolute Gasteiger partial charge is 0.293 e. The van der Waals surface area contributed by atoms with Crippen LogP contribution >= 0.6 is 0 Å². The molecule has 1 nitrogen and oxygen atoms in total. The molecule has 0 fully saturated rings. The van der Waals surface area contributed by atoms with Crippen molar-refractivity contribution in [3.05, 3.63) is 0 Å². The maximum Gasteiger partial charge on any atom is 0.0158 e. The van der Waals surface area contributed by atoms with Crippen LogP contribution in [0.4, 0.5) is 0 Å². The van der Waals surface area contributed by atoms with Crippen molar-refractivity contribution >= 4 is 0 Å². The highest BCUT2D eigenvalue weighted by atomic mass is 15.2. The van der Waals surface area contributed by atoms with Gasteiger partial charge in [0.2, 0.25) is 0 Å². The average Bonchev–Trinajstić information content (AvgIpc) is 2.90. The molecule has 0 aliphatic heterocycles. The summed E-state index contributed by atoms with van der Waals surface area (Å²) in [5.41, 5.74) is 0.628. The molecule has 0 aliphatic rings. The third kappa shape index (κ3) is 23.2. The molecule has 39 heavy (non-hydrogen) atoms. The first-order valence-electron chi connectivity index (χ1n) is 18.6. The van der Waals surface area contributed by atoms with Crippen LogP contribution in [0.5, 0.6) is 0 Å². The lowest BCUT2D eigenvalue weighted by Gasteiger charge is -2.49. The summed E-state index contributed by atoms with van der Waals surface area (Å²) in [6.45, 7) is 18.4. The smallest absolute Gasteiger partial charge is 0.0158 e. The van der Waals surface area contributed by atoms with E-state index < -0.39 is 0 Å². The van der Waals surface area contributed by atoms with E-state index in [1.807, 2.05) is 0 Å². The molecule has 0 saturated carbocycles. The summed E-state index contributed by atoms with van der Waals surface area (Å²) >= 11 is 0. The van der Waals surface area contributed by atoms with Crippen molar-refractivity contribution in [3.8, 4) is 0 Å². The van der Waals surface area contributed by atoms with Crippen LogP contribution in [0.25, 0.3) is 0 Å². The van der Waals surface area contributed by atoms with E-state index in [1.54, 1.807) is 0 Å². The second-order valence-corrected chi connectivity index (χ2v) is 14.4. The first kappa shape index (κ1) is 39.0. The average molecular weight is 550 g/mol. The summed E-state index contributed by atoms with van der Waals surface area (Å²) in [5.74, 6) is 0. The van der Waals surface area contributed by atoms with Gasteiger partial charge in [-0.15, -0.1) is 0 Å². The van der Waals surface area contributed by atoms with E-state index in [2.05, 4.69) is 53.4 Å². The quantitative estimate of drug-likeness (QED) is 0.0777. The highest BCUT2D eigenvalue weighted by Gasteiger charge is 2.36. The normalized spacial score (nSPS) is 12.6. The van der Waals surface area contributed by atoms with Gasteiger partial charge in [0.05, 0.1) is 0 Å². The molecular formula is C38H79N. The Morgan fingerprint density at radius 3 is 0.795 bits per heavy atom. The molecule has 0 saturated heterocycles. The van der Waals surface area contributed by atoms with Crippen molar-refractivity contribution < 1.29 is 0 Å². The van der Waals surface area contributed by atoms with Crippen LogP contribution in [0.1, 0.15) is 228 Å². The van der Waals surface area contributed by atoms with Gasteiger partial charge in [0.1, 0.15) is 0 Å². The highest BCUT2D eigenvalue weighted by molar-refractivity contribution is 4.92. The van der Waals surface area contributed by atoms with Crippen molar-refractivity contribution in [2.24, 2.45) is 0 Å². The molecule has 0 aromatic rings. The Bertz CT molecular complexity index is 439. The maximum absolute atomic E-state index is 2.92. The van der Waals surface area contributed by atoms with E-state index in [0.29, 0.717) is 11.1 Å². The lowest BCUT2D eigenvalue weighted by Crippen LogP contribution is -2.55. The van der Waals surface area contributed by atoms with Gasteiger partial charge in [0.15, 0.2) is 0 Å². The van der Waals surface area contributed by atoms with E-state index >= 15 is 0 Å². The van der Waals surface area contributed by atoms with E-state index in [1.165, 1.54) is 186 Å². The van der Waals surface area contributed by atoms with E-state index in [9.17, 15) is 0 Å². The minimum Gasteiger partial charge on any atom is -0.293 e. The molecule has 0 aromatic carbocycles.